The Morgan fingerprint density at radius 2 is 1.69 bits per heavy atom. The maximum absolute atomic E-state index is 13.2. The second kappa shape index (κ2) is 7.73. The topological polar surface area (TPSA) is 70.0 Å². The van der Waals surface area contributed by atoms with Crippen LogP contribution >= 0.6 is 11.6 Å². The van der Waals surface area contributed by atoms with E-state index in [2.05, 4.69) is 5.10 Å². The average molecular weight is 403 g/mol. The van der Waals surface area contributed by atoms with Gasteiger partial charge in [0.25, 0.3) is 5.91 Å². The lowest BCUT2D eigenvalue weighted by Crippen LogP contribution is -2.21. The van der Waals surface area contributed by atoms with Crippen molar-refractivity contribution < 1.29 is 14.7 Å². The van der Waals surface area contributed by atoms with Crippen LogP contribution in [0.15, 0.2) is 89.5 Å². The summed E-state index contributed by atoms with van der Waals surface area (Å²) in [6.45, 7) is 0. The number of nitrogens with zero attached hydrogens (tertiary/aromatic N) is 2. The molecule has 0 radical (unpaired) electrons. The van der Waals surface area contributed by atoms with E-state index >= 15 is 0 Å². The highest BCUT2D eigenvalue weighted by Crippen LogP contribution is 2.29. The van der Waals surface area contributed by atoms with Crippen LogP contribution in [-0.2, 0) is 4.79 Å². The summed E-state index contributed by atoms with van der Waals surface area (Å²) in [4.78, 5) is 24.3. The van der Waals surface area contributed by atoms with Gasteiger partial charge in [-0.05, 0) is 42.0 Å². The number of carboxylic acid groups (broad SMARTS) is 1. The smallest absolute Gasteiger partial charge is 0.335 e. The van der Waals surface area contributed by atoms with Crippen LogP contribution in [-0.4, -0.2) is 22.7 Å². The van der Waals surface area contributed by atoms with Crippen molar-refractivity contribution in [1.82, 2.24) is 0 Å². The van der Waals surface area contributed by atoms with Gasteiger partial charge in [-0.25, -0.2) is 4.79 Å². The monoisotopic (exact) mass is 402 g/mol. The first-order chi connectivity index (χ1) is 14.0. The number of rotatable bonds is 4. The van der Waals surface area contributed by atoms with Crippen molar-refractivity contribution in [1.29, 1.82) is 0 Å². The van der Waals surface area contributed by atoms with Gasteiger partial charge in [-0.2, -0.15) is 10.1 Å². The lowest BCUT2D eigenvalue weighted by Gasteiger charge is -2.11. The SMILES string of the molecule is O=C(O)c1ccc(/C=C2\C(=O)N(c3cccc(Cl)c3)N=C2c2ccccc2)cc1. The highest BCUT2D eigenvalue weighted by Gasteiger charge is 2.32. The maximum Gasteiger partial charge on any atom is 0.335 e. The van der Waals surface area contributed by atoms with Gasteiger partial charge in [0.15, 0.2) is 0 Å². The van der Waals surface area contributed by atoms with E-state index < -0.39 is 5.97 Å². The minimum absolute atomic E-state index is 0.183. The number of amides is 1. The Labute approximate surface area is 172 Å². The standard InChI is InChI=1S/C23H15ClN2O3/c24-18-7-4-8-19(14-18)26-22(27)20(21(25-26)16-5-2-1-3-6-16)13-15-9-11-17(12-10-15)23(28)29/h1-14H,(H,28,29)/b20-13-. The van der Waals surface area contributed by atoms with Crippen molar-refractivity contribution in [3.8, 4) is 0 Å². The number of hydrazone groups is 1. The Bertz CT molecular complexity index is 1150. The van der Waals surface area contributed by atoms with Crippen molar-refractivity contribution >= 4 is 41.0 Å². The maximum atomic E-state index is 13.2. The second-order valence-electron chi connectivity index (χ2n) is 6.40. The van der Waals surface area contributed by atoms with Crippen LogP contribution in [0.4, 0.5) is 5.69 Å². The summed E-state index contributed by atoms with van der Waals surface area (Å²) in [6, 6.07) is 22.7. The van der Waals surface area contributed by atoms with Crippen molar-refractivity contribution in [2.75, 3.05) is 5.01 Å². The molecule has 1 N–H and O–H groups in total. The van der Waals surface area contributed by atoms with Crippen LogP contribution < -0.4 is 5.01 Å². The second-order valence-corrected chi connectivity index (χ2v) is 6.83. The molecule has 6 heteroatoms. The highest BCUT2D eigenvalue weighted by atomic mass is 35.5. The van der Waals surface area contributed by atoms with Crippen LogP contribution in [0.2, 0.25) is 5.02 Å². The Hall–Kier alpha value is -3.70. The largest absolute Gasteiger partial charge is 0.478 e. The third-order valence-corrected chi connectivity index (χ3v) is 4.68. The molecule has 0 aliphatic carbocycles. The summed E-state index contributed by atoms with van der Waals surface area (Å²) in [7, 11) is 0. The molecule has 0 bridgehead atoms. The van der Waals surface area contributed by atoms with Gasteiger partial charge in [-0.3, -0.25) is 4.79 Å². The Balaban J connectivity index is 1.79. The molecule has 0 saturated carbocycles. The van der Waals surface area contributed by atoms with Crippen LogP contribution in [0.25, 0.3) is 6.08 Å². The summed E-state index contributed by atoms with van der Waals surface area (Å²) < 4.78 is 0. The fourth-order valence-corrected chi connectivity index (χ4v) is 3.21. The molecule has 5 nitrogen and oxygen atoms in total. The van der Waals surface area contributed by atoms with Gasteiger partial charge < -0.3 is 5.11 Å². The molecule has 0 fully saturated rings. The fourth-order valence-electron chi connectivity index (χ4n) is 3.03. The molecule has 1 aliphatic rings. The highest BCUT2D eigenvalue weighted by molar-refractivity contribution is 6.37. The zero-order valence-corrected chi connectivity index (χ0v) is 15.9. The zero-order chi connectivity index (χ0) is 20.4. The van der Waals surface area contributed by atoms with Gasteiger partial charge >= 0.3 is 5.97 Å². The number of carbonyl (C=O) groups is 2. The number of aromatic carboxylic acids is 1. The van der Waals surface area contributed by atoms with Crippen LogP contribution in [0.5, 0.6) is 0 Å². The van der Waals surface area contributed by atoms with Crippen LogP contribution in [0.1, 0.15) is 21.5 Å². The molecule has 0 atom stereocenters. The third-order valence-electron chi connectivity index (χ3n) is 4.45. The van der Waals surface area contributed by atoms with Crippen molar-refractivity contribution in [3.63, 3.8) is 0 Å². The molecule has 0 spiro atoms. The average Bonchev–Trinajstić information content (AvgIpc) is 3.05. The number of hydrogen-bond acceptors (Lipinski definition) is 3. The summed E-state index contributed by atoms with van der Waals surface area (Å²) in [6.07, 6.45) is 1.71. The predicted octanol–water partition coefficient (Wildman–Crippen LogP) is 4.87. The van der Waals surface area contributed by atoms with Gasteiger partial charge in [0.05, 0.1) is 16.8 Å². The van der Waals surface area contributed by atoms with Crippen molar-refractivity contribution in [3.05, 3.63) is 106 Å². The summed E-state index contributed by atoms with van der Waals surface area (Å²) in [5, 5.41) is 15.5. The number of hydrogen-bond donors (Lipinski definition) is 1. The summed E-state index contributed by atoms with van der Waals surface area (Å²) in [5.41, 5.74) is 3.22. The number of halogens is 1. The number of carbonyl (C=O) groups excluding carboxylic acids is 1. The van der Waals surface area contributed by atoms with Gasteiger partial charge in [-0.1, -0.05) is 60.1 Å². The minimum atomic E-state index is -1.00. The zero-order valence-electron chi connectivity index (χ0n) is 15.1. The molecule has 0 saturated heterocycles. The molecule has 0 unspecified atom stereocenters. The number of carboxylic acids is 1. The van der Waals surface area contributed by atoms with Gasteiger partial charge in [-0.15, -0.1) is 0 Å². The number of anilines is 1. The fraction of sp³-hybridized carbons (Fsp3) is 0. The molecule has 1 heterocycles. The summed E-state index contributed by atoms with van der Waals surface area (Å²) in [5.74, 6) is -1.28. The molecule has 3 aromatic carbocycles. The summed E-state index contributed by atoms with van der Waals surface area (Å²) >= 11 is 6.08. The Kier molecular flexibility index (Phi) is 4.97. The first kappa shape index (κ1) is 18.7. The molecular weight excluding hydrogens is 388 g/mol. The predicted molar refractivity (Wildman–Crippen MR) is 113 cm³/mol. The van der Waals surface area contributed by atoms with E-state index in [0.717, 1.165) is 5.56 Å². The molecule has 1 aliphatic heterocycles. The molecule has 0 aromatic heterocycles. The van der Waals surface area contributed by atoms with E-state index in [1.807, 2.05) is 30.3 Å². The van der Waals surface area contributed by atoms with Crippen molar-refractivity contribution in [2.45, 2.75) is 0 Å². The first-order valence-corrected chi connectivity index (χ1v) is 9.20. The number of benzene rings is 3. The quantitative estimate of drug-likeness (QED) is 0.633. The van der Waals surface area contributed by atoms with Crippen LogP contribution in [0, 0.1) is 0 Å². The molecule has 142 valence electrons. The molecule has 1 amide bonds. The minimum Gasteiger partial charge on any atom is -0.478 e. The molecule has 29 heavy (non-hydrogen) atoms. The third kappa shape index (κ3) is 3.81. The Morgan fingerprint density at radius 1 is 0.966 bits per heavy atom. The van der Waals surface area contributed by atoms with Gasteiger partial charge in [0.2, 0.25) is 0 Å². The van der Waals surface area contributed by atoms with E-state index in [4.69, 9.17) is 16.7 Å². The first-order valence-electron chi connectivity index (χ1n) is 8.82. The van der Waals surface area contributed by atoms with Gasteiger partial charge in [0, 0.05) is 10.6 Å². The molecule has 3 aromatic rings. The molecule has 4 rings (SSSR count). The van der Waals surface area contributed by atoms with Gasteiger partial charge in [0.1, 0.15) is 5.71 Å². The van der Waals surface area contributed by atoms with E-state index in [1.165, 1.54) is 17.1 Å². The van der Waals surface area contributed by atoms with Crippen LogP contribution in [0.3, 0.4) is 0 Å². The lowest BCUT2D eigenvalue weighted by molar-refractivity contribution is -0.114. The van der Waals surface area contributed by atoms with E-state index in [9.17, 15) is 9.59 Å². The molecular formula is C23H15ClN2O3. The normalized spacial score (nSPS) is 14.9. The van der Waals surface area contributed by atoms with E-state index in [-0.39, 0.29) is 11.5 Å². The van der Waals surface area contributed by atoms with Crippen molar-refractivity contribution in [2.24, 2.45) is 5.10 Å². The lowest BCUT2D eigenvalue weighted by atomic mass is 10.00. The Morgan fingerprint density at radius 3 is 2.34 bits per heavy atom. The van der Waals surface area contributed by atoms with E-state index in [1.54, 1.807) is 42.5 Å². The van der Waals surface area contributed by atoms with E-state index in [0.29, 0.717) is 27.6 Å².